The topological polar surface area (TPSA) is 123 Å². The molecule has 0 bridgehead atoms. The summed E-state index contributed by atoms with van der Waals surface area (Å²) in [5, 5.41) is 7.85. The number of aromatic nitrogens is 3. The van der Waals surface area contributed by atoms with Crippen molar-refractivity contribution in [3.63, 3.8) is 0 Å². The molecule has 8 nitrogen and oxygen atoms in total. The number of primary amides is 1. The summed E-state index contributed by atoms with van der Waals surface area (Å²) < 4.78 is 14.6. The van der Waals surface area contributed by atoms with Crippen molar-refractivity contribution >= 4 is 39.1 Å². The Bertz CT molecular complexity index is 2060. The third kappa shape index (κ3) is 5.94. The smallest absolute Gasteiger partial charge is 0.254 e. The van der Waals surface area contributed by atoms with Crippen molar-refractivity contribution in [1.29, 1.82) is 0 Å². The summed E-state index contributed by atoms with van der Waals surface area (Å²) in [6.45, 7) is 8.29. The molecule has 1 aliphatic heterocycles. The lowest BCUT2D eigenvalue weighted by molar-refractivity contribution is 0.0886. The van der Waals surface area contributed by atoms with Gasteiger partial charge in [-0.2, -0.15) is 0 Å². The number of pyridine rings is 3. The molecule has 7 rings (SSSR count). The van der Waals surface area contributed by atoms with E-state index in [9.17, 15) is 14.0 Å². The number of thiophene rings is 1. The Morgan fingerprint density at radius 3 is 2.65 bits per heavy atom. The Morgan fingerprint density at radius 2 is 1.90 bits per heavy atom. The fraction of sp³-hybridized carbons (Fsp3) is 0.342. The Morgan fingerprint density at radius 1 is 1.10 bits per heavy atom. The molecule has 10 heteroatoms. The molecular formula is C38H39FN6O2S. The Balaban J connectivity index is 1.32. The number of hydrogen-bond acceptors (Lipinski definition) is 7. The van der Waals surface area contributed by atoms with Crippen LogP contribution >= 0.6 is 11.3 Å². The van der Waals surface area contributed by atoms with Gasteiger partial charge in [-0.25, -0.2) is 9.37 Å². The van der Waals surface area contributed by atoms with E-state index in [0.29, 0.717) is 47.7 Å². The highest BCUT2D eigenvalue weighted by Crippen LogP contribution is 2.44. The summed E-state index contributed by atoms with van der Waals surface area (Å²) in [5.74, 6) is 0.0427. The molecule has 0 fully saturated rings. The van der Waals surface area contributed by atoms with Gasteiger partial charge in [0.2, 0.25) is 0 Å². The summed E-state index contributed by atoms with van der Waals surface area (Å²) >= 11 is 1.50. The first-order valence-electron chi connectivity index (χ1n) is 16.5. The minimum Gasteiger partial charge on any atom is -0.366 e. The van der Waals surface area contributed by atoms with Crippen LogP contribution in [0.15, 0.2) is 60.9 Å². The highest BCUT2D eigenvalue weighted by Gasteiger charge is 2.39. The average Bonchev–Trinajstić information content (AvgIpc) is 3.66. The molecule has 0 spiro atoms. The van der Waals surface area contributed by atoms with Crippen LogP contribution < -0.4 is 16.4 Å². The maximum absolute atomic E-state index is 14.1. The standard InChI is InChI=1S/C38H39FN6O2S/c1-20(2)16-28-31(35(40)46)33(32-29(44-28)19-38(4,45-37(32)47)18-22-7-9-24(39)10-8-22)30-17-23-13-15-42-36(34(23)48-30)43-21(3)25-11-12-27-26(25)6-5-14-41-27/h5-10,13-15,17,20-21,25H,11-12,16,18-19H2,1-4H3,(H2,40,46)(H,42,43)(H,45,47)/t21?,25-,38-/m0/s1. The highest BCUT2D eigenvalue weighted by molar-refractivity contribution is 7.22. The minimum absolute atomic E-state index is 0.108. The first kappa shape index (κ1) is 31.9. The van der Waals surface area contributed by atoms with Gasteiger partial charge in [-0.15, -0.1) is 11.3 Å². The molecule has 246 valence electrons. The van der Waals surface area contributed by atoms with Gasteiger partial charge < -0.3 is 16.4 Å². The number of halogens is 1. The third-order valence-electron chi connectivity index (χ3n) is 9.57. The zero-order valence-corrected chi connectivity index (χ0v) is 28.4. The zero-order valence-electron chi connectivity index (χ0n) is 27.6. The molecule has 1 aliphatic carbocycles. The van der Waals surface area contributed by atoms with Gasteiger partial charge in [-0.3, -0.25) is 19.6 Å². The molecule has 0 saturated carbocycles. The normalized spacial score (nSPS) is 19.2. The van der Waals surface area contributed by atoms with Gasteiger partial charge in [0.05, 0.1) is 27.2 Å². The summed E-state index contributed by atoms with van der Waals surface area (Å²) in [6.07, 6.45) is 7.08. The fourth-order valence-electron chi connectivity index (χ4n) is 7.49. The quantitative estimate of drug-likeness (QED) is 0.156. The van der Waals surface area contributed by atoms with Crippen molar-refractivity contribution in [1.82, 2.24) is 20.3 Å². The number of nitrogens with one attached hydrogen (secondary N) is 2. The fourth-order valence-corrected chi connectivity index (χ4v) is 8.65. The van der Waals surface area contributed by atoms with Crippen molar-refractivity contribution in [2.75, 3.05) is 5.32 Å². The van der Waals surface area contributed by atoms with Crippen LogP contribution in [0.25, 0.3) is 20.5 Å². The van der Waals surface area contributed by atoms with E-state index in [-0.39, 0.29) is 29.2 Å². The molecule has 0 saturated heterocycles. The van der Waals surface area contributed by atoms with Gasteiger partial charge in [0, 0.05) is 52.4 Å². The highest BCUT2D eigenvalue weighted by atomic mass is 32.1. The lowest BCUT2D eigenvalue weighted by Crippen LogP contribution is -2.53. The molecule has 5 aromatic rings. The number of fused-ring (bicyclic) bond motifs is 3. The van der Waals surface area contributed by atoms with Gasteiger partial charge in [-0.1, -0.05) is 32.0 Å². The molecular weight excluding hydrogens is 624 g/mol. The first-order valence-corrected chi connectivity index (χ1v) is 17.3. The maximum Gasteiger partial charge on any atom is 0.254 e. The number of carbonyl (C=O) groups excluding carboxylic acids is 2. The van der Waals surface area contributed by atoms with Gasteiger partial charge in [0.1, 0.15) is 11.6 Å². The number of rotatable bonds is 9. The van der Waals surface area contributed by atoms with Crippen LogP contribution in [0.2, 0.25) is 0 Å². The van der Waals surface area contributed by atoms with Crippen LogP contribution in [0.3, 0.4) is 0 Å². The minimum atomic E-state index is -0.665. The van der Waals surface area contributed by atoms with E-state index < -0.39 is 11.4 Å². The Hall–Kier alpha value is -4.70. The summed E-state index contributed by atoms with van der Waals surface area (Å²) in [6, 6.07) is 14.6. The zero-order chi connectivity index (χ0) is 33.7. The number of anilines is 1. The maximum atomic E-state index is 14.1. The van der Waals surface area contributed by atoms with Crippen LogP contribution in [0.4, 0.5) is 10.2 Å². The van der Waals surface area contributed by atoms with E-state index in [2.05, 4.69) is 42.5 Å². The van der Waals surface area contributed by atoms with E-state index in [1.807, 2.05) is 31.3 Å². The van der Waals surface area contributed by atoms with Crippen molar-refractivity contribution in [3.05, 3.63) is 106 Å². The number of benzene rings is 1. The molecule has 1 unspecified atom stereocenters. The van der Waals surface area contributed by atoms with Crippen molar-refractivity contribution in [2.24, 2.45) is 11.7 Å². The summed E-state index contributed by atoms with van der Waals surface area (Å²) in [5.41, 5.74) is 11.2. The second-order valence-electron chi connectivity index (χ2n) is 13.9. The van der Waals surface area contributed by atoms with E-state index >= 15 is 0 Å². The van der Waals surface area contributed by atoms with Crippen LogP contribution in [0.1, 0.15) is 89.0 Å². The molecule has 5 heterocycles. The number of carbonyl (C=O) groups is 2. The molecule has 2 amide bonds. The Kier molecular flexibility index (Phi) is 8.23. The van der Waals surface area contributed by atoms with Crippen LogP contribution in [0, 0.1) is 11.7 Å². The first-order chi connectivity index (χ1) is 23.0. The largest absolute Gasteiger partial charge is 0.366 e. The van der Waals surface area contributed by atoms with E-state index in [1.165, 1.54) is 29.0 Å². The average molecular weight is 663 g/mol. The monoisotopic (exact) mass is 662 g/mol. The molecule has 0 radical (unpaired) electrons. The second-order valence-corrected chi connectivity index (χ2v) is 14.9. The molecule has 3 atom stereocenters. The second kappa shape index (κ2) is 12.4. The molecule has 48 heavy (non-hydrogen) atoms. The van der Waals surface area contributed by atoms with Crippen LogP contribution in [0.5, 0.6) is 0 Å². The molecule has 4 N–H and O–H groups in total. The number of aryl methyl sites for hydroxylation is 1. The van der Waals surface area contributed by atoms with E-state index in [1.54, 1.807) is 18.3 Å². The predicted molar refractivity (Wildman–Crippen MR) is 188 cm³/mol. The molecule has 2 aliphatic rings. The van der Waals surface area contributed by atoms with Crippen LogP contribution in [-0.4, -0.2) is 38.3 Å². The molecule has 4 aromatic heterocycles. The number of amides is 2. The lowest BCUT2D eigenvalue weighted by atomic mass is 9.81. The number of hydrogen-bond donors (Lipinski definition) is 3. The number of nitrogens with zero attached hydrogens (tertiary/aromatic N) is 3. The SMILES string of the molecule is CC(C)Cc1nc2c(c(-c3cc4ccnc(NC(C)[C@@H]5CCc6ncccc65)c4s3)c1C(N)=O)C(=O)N[C@@](C)(Cc1ccc(F)cc1)C2. The van der Waals surface area contributed by atoms with Crippen LogP contribution in [-0.2, 0) is 25.7 Å². The molecule has 1 aromatic carbocycles. The summed E-state index contributed by atoms with van der Waals surface area (Å²) in [4.78, 5) is 42.5. The Labute approximate surface area is 283 Å². The van der Waals surface area contributed by atoms with Crippen molar-refractivity contribution in [3.8, 4) is 10.4 Å². The summed E-state index contributed by atoms with van der Waals surface area (Å²) in [7, 11) is 0. The van der Waals surface area contributed by atoms with Crippen molar-refractivity contribution in [2.45, 2.75) is 77.3 Å². The number of nitrogens with two attached hydrogens (primary N) is 1. The van der Waals surface area contributed by atoms with E-state index in [0.717, 1.165) is 44.9 Å². The van der Waals surface area contributed by atoms with Gasteiger partial charge in [0.15, 0.2) is 0 Å². The third-order valence-corrected chi connectivity index (χ3v) is 10.7. The van der Waals surface area contributed by atoms with E-state index in [4.69, 9.17) is 15.7 Å². The van der Waals surface area contributed by atoms with Gasteiger partial charge in [-0.05, 0) is 92.3 Å². The van der Waals surface area contributed by atoms with Gasteiger partial charge >= 0.3 is 0 Å². The lowest BCUT2D eigenvalue weighted by Gasteiger charge is -2.37. The van der Waals surface area contributed by atoms with Crippen molar-refractivity contribution < 1.29 is 14.0 Å². The predicted octanol–water partition coefficient (Wildman–Crippen LogP) is 7.01. The van der Waals surface area contributed by atoms with Gasteiger partial charge in [0.25, 0.3) is 11.8 Å².